The normalized spacial score (nSPS) is 14.2. The van der Waals surface area contributed by atoms with E-state index in [4.69, 9.17) is 0 Å². The highest BCUT2D eigenvalue weighted by atomic mass is 16.3. The van der Waals surface area contributed by atoms with Crippen LogP contribution in [0.3, 0.4) is 0 Å². The summed E-state index contributed by atoms with van der Waals surface area (Å²) >= 11 is 0. The maximum Gasteiger partial charge on any atom is 0.249 e. The quantitative estimate of drug-likeness (QED) is 0.0375. The highest BCUT2D eigenvalue weighted by Crippen LogP contribution is 2.14. The molecule has 0 bridgehead atoms. The molecule has 0 saturated carbocycles. The minimum absolute atomic E-state index is 0.385. The van der Waals surface area contributed by atoms with Crippen molar-refractivity contribution >= 4 is 5.91 Å². The van der Waals surface area contributed by atoms with Gasteiger partial charge in [0.2, 0.25) is 5.91 Å². The third-order valence-corrected chi connectivity index (χ3v) is 9.81. The number of unbranched alkanes of at least 4 members (excludes halogenated alkanes) is 23. The topological polar surface area (TPSA) is 89.8 Å². The zero-order valence-electron chi connectivity index (χ0n) is 34.2. The molecule has 5 nitrogen and oxygen atoms in total. The van der Waals surface area contributed by atoms with Crippen molar-refractivity contribution < 1.29 is 20.1 Å². The van der Waals surface area contributed by atoms with E-state index in [9.17, 15) is 20.1 Å². The minimum atomic E-state index is -1.11. The van der Waals surface area contributed by atoms with Crippen LogP contribution in [-0.4, -0.2) is 46.1 Å². The van der Waals surface area contributed by atoms with Crippen LogP contribution in [0.15, 0.2) is 60.8 Å². The molecule has 1 amide bonds. The van der Waals surface area contributed by atoms with Gasteiger partial charge in [0.1, 0.15) is 6.10 Å². The summed E-state index contributed by atoms with van der Waals surface area (Å²) in [5, 5.41) is 33.0. The van der Waals surface area contributed by atoms with Crippen molar-refractivity contribution in [2.45, 2.75) is 225 Å². The summed E-state index contributed by atoms with van der Waals surface area (Å²) in [7, 11) is 0. The van der Waals surface area contributed by atoms with E-state index in [1.807, 2.05) is 6.08 Å². The number of amides is 1. The first-order valence-electron chi connectivity index (χ1n) is 22.1. The predicted molar refractivity (Wildman–Crippen MR) is 227 cm³/mol. The number of carbonyl (C=O) groups excluding carboxylic acids is 1. The Morgan fingerprint density at radius 3 is 1.35 bits per heavy atom. The van der Waals surface area contributed by atoms with E-state index in [1.165, 1.54) is 135 Å². The summed E-state index contributed by atoms with van der Waals surface area (Å²) in [5.41, 5.74) is 0. The molecule has 0 aromatic carbocycles. The van der Waals surface area contributed by atoms with Gasteiger partial charge in [-0.25, -0.2) is 0 Å². The second-order valence-corrected chi connectivity index (χ2v) is 14.9. The van der Waals surface area contributed by atoms with Crippen molar-refractivity contribution in [1.82, 2.24) is 5.32 Å². The van der Waals surface area contributed by atoms with Crippen LogP contribution in [0.5, 0.6) is 0 Å². The van der Waals surface area contributed by atoms with E-state index in [0.29, 0.717) is 6.42 Å². The molecule has 0 aliphatic rings. The smallest absolute Gasteiger partial charge is 0.249 e. The Balaban J connectivity index is 3.67. The molecular formula is C47H85NO4. The van der Waals surface area contributed by atoms with Gasteiger partial charge in [-0.15, -0.1) is 0 Å². The molecule has 0 rings (SSSR count). The molecule has 0 aromatic heterocycles. The van der Waals surface area contributed by atoms with Gasteiger partial charge in [0, 0.05) is 0 Å². The molecule has 52 heavy (non-hydrogen) atoms. The molecule has 0 aromatic rings. The maximum absolute atomic E-state index is 12.4. The summed E-state index contributed by atoms with van der Waals surface area (Å²) in [6.07, 6.45) is 55.5. The van der Waals surface area contributed by atoms with E-state index in [-0.39, 0.29) is 6.61 Å². The van der Waals surface area contributed by atoms with E-state index >= 15 is 0 Å². The monoisotopic (exact) mass is 728 g/mol. The van der Waals surface area contributed by atoms with Crippen molar-refractivity contribution in [1.29, 1.82) is 0 Å². The van der Waals surface area contributed by atoms with E-state index in [0.717, 1.165) is 51.4 Å². The summed E-state index contributed by atoms with van der Waals surface area (Å²) in [5.74, 6) is -0.523. The number of hydrogen-bond acceptors (Lipinski definition) is 4. The Morgan fingerprint density at radius 1 is 0.481 bits per heavy atom. The third kappa shape index (κ3) is 36.4. The van der Waals surface area contributed by atoms with Gasteiger partial charge in [-0.3, -0.25) is 4.79 Å². The Hall–Kier alpha value is -1.95. The molecule has 0 spiro atoms. The molecule has 0 aliphatic heterocycles. The highest BCUT2D eigenvalue weighted by Gasteiger charge is 2.22. The molecule has 0 saturated heterocycles. The van der Waals surface area contributed by atoms with E-state index < -0.39 is 24.2 Å². The van der Waals surface area contributed by atoms with Crippen LogP contribution >= 0.6 is 0 Å². The van der Waals surface area contributed by atoms with Crippen molar-refractivity contribution in [3.05, 3.63) is 60.8 Å². The van der Waals surface area contributed by atoms with Gasteiger partial charge in [-0.1, -0.05) is 197 Å². The van der Waals surface area contributed by atoms with Gasteiger partial charge in [-0.05, 0) is 70.6 Å². The Bertz CT molecular complexity index is 892. The van der Waals surface area contributed by atoms with Gasteiger partial charge < -0.3 is 20.6 Å². The van der Waals surface area contributed by atoms with Gasteiger partial charge in [-0.2, -0.15) is 0 Å². The zero-order valence-corrected chi connectivity index (χ0v) is 34.2. The molecule has 0 heterocycles. The highest BCUT2D eigenvalue weighted by molar-refractivity contribution is 5.80. The molecule has 3 unspecified atom stereocenters. The lowest BCUT2D eigenvalue weighted by atomic mass is 10.0. The lowest BCUT2D eigenvalue weighted by Gasteiger charge is -2.21. The molecule has 3 atom stereocenters. The van der Waals surface area contributed by atoms with Gasteiger partial charge in [0.15, 0.2) is 0 Å². The number of hydrogen-bond donors (Lipinski definition) is 4. The van der Waals surface area contributed by atoms with Crippen LogP contribution in [0, 0.1) is 0 Å². The summed E-state index contributed by atoms with van der Waals surface area (Å²) in [4.78, 5) is 12.4. The minimum Gasteiger partial charge on any atom is -0.394 e. The lowest BCUT2D eigenvalue weighted by molar-refractivity contribution is -0.131. The molecular weight excluding hydrogens is 643 g/mol. The van der Waals surface area contributed by atoms with Crippen LogP contribution in [0.25, 0.3) is 0 Å². The largest absolute Gasteiger partial charge is 0.394 e. The molecule has 0 radical (unpaired) electrons. The van der Waals surface area contributed by atoms with Crippen LogP contribution in [-0.2, 0) is 4.79 Å². The molecule has 0 fully saturated rings. The van der Waals surface area contributed by atoms with Crippen LogP contribution in [0.4, 0.5) is 0 Å². The molecule has 302 valence electrons. The Morgan fingerprint density at radius 2 is 0.865 bits per heavy atom. The fourth-order valence-electron chi connectivity index (χ4n) is 6.29. The molecule has 5 heteroatoms. The lowest BCUT2D eigenvalue weighted by Crippen LogP contribution is -2.48. The number of carbonyl (C=O) groups is 1. The number of rotatable bonds is 39. The summed E-state index contributed by atoms with van der Waals surface area (Å²) in [6, 6.07) is -0.823. The molecule has 0 aliphatic carbocycles. The van der Waals surface area contributed by atoms with Gasteiger partial charge in [0.25, 0.3) is 0 Å². The SMILES string of the molecule is CCCC/C=C/CC/C=C/CC/C=C/C(O)C(CO)NC(=O)C(O)CCCCCCCCCCCC/C=C\C/C=C\CCCCCCCCCCC. The van der Waals surface area contributed by atoms with Crippen LogP contribution in [0.1, 0.15) is 206 Å². The number of allylic oxidation sites excluding steroid dienone is 9. The second kappa shape index (κ2) is 41.8. The predicted octanol–water partition coefficient (Wildman–Crippen LogP) is 12.7. The number of aliphatic hydroxyl groups is 3. The van der Waals surface area contributed by atoms with Crippen molar-refractivity contribution in [2.24, 2.45) is 0 Å². The Kier molecular flexibility index (Phi) is 40.2. The Labute approximate surface area is 322 Å². The maximum atomic E-state index is 12.4. The van der Waals surface area contributed by atoms with Crippen molar-refractivity contribution in [2.75, 3.05) is 6.61 Å². The van der Waals surface area contributed by atoms with Gasteiger partial charge in [0.05, 0.1) is 18.8 Å². The summed E-state index contributed by atoms with van der Waals surface area (Å²) in [6.45, 7) is 4.10. The zero-order chi connectivity index (χ0) is 38.0. The third-order valence-electron chi connectivity index (χ3n) is 9.81. The van der Waals surface area contributed by atoms with Gasteiger partial charge >= 0.3 is 0 Å². The summed E-state index contributed by atoms with van der Waals surface area (Å²) < 4.78 is 0. The fourth-order valence-corrected chi connectivity index (χ4v) is 6.29. The first kappa shape index (κ1) is 50.1. The van der Waals surface area contributed by atoms with Crippen LogP contribution in [0.2, 0.25) is 0 Å². The van der Waals surface area contributed by atoms with Crippen LogP contribution < -0.4 is 5.32 Å². The standard InChI is InChI=1S/C47H85NO4/c1-3-5-7-9-11-13-15-17-18-19-20-21-22-23-24-25-26-27-28-29-30-32-34-36-38-40-42-46(51)47(52)48-44(43-49)45(50)41-39-37-35-33-31-16-14-12-10-8-6-4-2/h10,12,20-21,23-24,31,33,39,41,44-46,49-51H,3-9,11,13-19,22,25-30,32,34-38,40,42-43H2,1-2H3,(H,48,52)/b12-10+,21-20-,24-23-,33-31+,41-39+. The fraction of sp³-hybridized carbons (Fsp3) is 0.766. The first-order chi connectivity index (χ1) is 25.6. The first-order valence-corrected chi connectivity index (χ1v) is 22.1. The average Bonchev–Trinajstić information content (AvgIpc) is 3.15. The van der Waals surface area contributed by atoms with Crippen molar-refractivity contribution in [3.8, 4) is 0 Å². The van der Waals surface area contributed by atoms with Crippen molar-refractivity contribution in [3.63, 3.8) is 0 Å². The number of aliphatic hydroxyl groups excluding tert-OH is 3. The van der Waals surface area contributed by atoms with E-state index in [2.05, 4.69) is 67.8 Å². The van der Waals surface area contributed by atoms with E-state index in [1.54, 1.807) is 6.08 Å². The second-order valence-electron chi connectivity index (χ2n) is 14.9. The number of nitrogens with one attached hydrogen (secondary N) is 1. The molecule has 4 N–H and O–H groups in total. The average molecular weight is 728 g/mol.